The van der Waals surface area contributed by atoms with Crippen LogP contribution in [-0.4, -0.2) is 16.5 Å². The van der Waals surface area contributed by atoms with Gasteiger partial charge in [-0.25, -0.2) is 9.97 Å². The topological polar surface area (TPSA) is 37.8 Å². The van der Waals surface area contributed by atoms with Gasteiger partial charge in [-0.1, -0.05) is 20.8 Å². The highest BCUT2D eigenvalue weighted by Crippen LogP contribution is 2.31. The summed E-state index contributed by atoms with van der Waals surface area (Å²) in [6.07, 6.45) is 2.13. The van der Waals surface area contributed by atoms with Crippen molar-refractivity contribution in [2.45, 2.75) is 46.5 Å². The van der Waals surface area contributed by atoms with Crippen LogP contribution in [0.2, 0.25) is 0 Å². The second-order valence-electron chi connectivity index (χ2n) is 4.56. The molecule has 1 atom stereocenters. The maximum atomic E-state index is 4.72. The molecule has 4 heteroatoms. The maximum absolute atomic E-state index is 4.72. The van der Waals surface area contributed by atoms with Gasteiger partial charge in [0.1, 0.15) is 16.5 Å². The number of aryl methyl sites for hydroxylation is 1. The summed E-state index contributed by atoms with van der Waals surface area (Å²) in [5.41, 5.74) is 0. The predicted octanol–water partition coefficient (Wildman–Crippen LogP) is 4.20. The van der Waals surface area contributed by atoms with Crippen LogP contribution >= 0.6 is 11.3 Å². The lowest BCUT2D eigenvalue weighted by atomic mass is 10.1. The van der Waals surface area contributed by atoms with Crippen molar-refractivity contribution >= 4 is 27.4 Å². The summed E-state index contributed by atoms with van der Waals surface area (Å²) in [6.45, 7) is 9.54. The van der Waals surface area contributed by atoms with E-state index in [1.807, 2.05) is 0 Å². The third-order valence-electron chi connectivity index (χ3n) is 3.21. The van der Waals surface area contributed by atoms with Gasteiger partial charge >= 0.3 is 0 Å². The van der Waals surface area contributed by atoms with Crippen molar-refractivity contribution in [2.24, 2.45) is 0 Å². The maximum Gasteiger partial charge on any atom is 0.138 e. The highest BCUT2D eigenvalue weighted by atomic mass is 32.1. The van der Waals surface area contributed by atoms with Crippen molar-refractivity contribution in [3.63, 3.8) is 0 Å². The first-order chi connectivity index (χ1) is 8.69. The van der Waals surface area contributed by atoms with Crippen LogP contribution < -0.4 is 5.32 Å². The molecule has 0 saturated heterocycles. The number of aromatic nitrogens is 2. The molecule has 2 rings (SSSR count). The molecule has 0 spiro atoms. The lowest BCUT2D eigenvalue weighted by Crippen LogP contribution is -2.05. The Morgan fingerprint density at radius 1 is 1.28 bits per heavy atom. The molecule has 1 N–H and O–H groups in total. The summed E-state index contributed by atoms with van der Waals surface area (Å²) in [6, 6.07) is 2.22. The Morgan fingerprint density at radius 3 is 2.67 bits per heavy atom. The number of anilines is 1. The van der Waals surface area contributed by atoms with E-state index >= 15 is 0 Å². The normalized spacial score (nSPS) is 12.9. The molecule has 1 unspecified atom stereocenters. The van der Waals surface area contributed by atoms with Gasteiger partial charge in [0, 0.05) is 17.3 Å². The van der Waals surface area contributed by atoms with Crippen LogP contribution in [0, 0.1) is 0 Å². The molecule has 0 aliphatic heterocycles. The van der Waals surface area contributed by atoms with Gasteiger partial charge in [0.25, 0.3) is 0 Å². The molecule has 0 radical (unpaired) electrons. The van der Waals surface area contributed by atoms with Crippen molar-refractivity contribution in [1.82, 2.24) is 9.97 Å². The number of nitrogens with one attached hydrogen (secondary N) is 1. The lowest BCUT2D eigenvalue weighted by Gasteiger charge is -2.10. The molecule has 0 amide bonds. The fourth-order valence-electron chi connectivity index (χ4n) is 1.87. The first-order valence-electron chi connectivity index (χ1n) is 6.73. The van der Waals surface area contributed by atoms with Crippen LogP contribution in [0.4, 0.5) is 5.82 Å². The average molecular weight is 263 g/mol. The standard InChI is InChI=1S/C14H21N3S/c1-5-9(4)12-16-13(15-7-3)11-8-10(6-2)18-14(11)17-12/h8-9H,5-7H2,1-4H3,(H,15,16,17). The first-order valence-corrected chi connectivity index (χ1v) is 7.55. The van der Waals surface area contributed by atoms with Gasteiger partial charge in [-0.05, 0) is 25.8 Å². The highest BCUT2D eigenvalue weighted by Gasteiger charge is 2.14. The fraction of sp³-hybridized carbons (Fsp3) is 0.571. The van der Waals surface area contributed by atoms with Gasteiger partial charge in [-0.15, -0.1) is 11.3 Å². The summed E-state index contributed by atoms with van der Waals surface area (Å²) in [5, 5.41) is 4.53. The Kier molecular flexibility index (Phi) is 4.17. The lowest BCUT2D eigenvalue weighted by molar-refractivity contribution is 0.684. The number of thiophene rings is 1. The van der Waals surface area contributed by atoms with Crippen molar-refractivity contribution in [3.8, 4) is 0 Å². The highest BCUT2D eigenvalue weighted by molar-refractivity contribution is 7.18. The molecule has 2 heterocycles. The minimum atomic E-state index is 0.416. The molecule has 3 nitrogen and oxygen atoms in total. The summed E-state index contributed by atoms with van der Waals surface area (Å²) >= 11 is 1.79. The molecule has 0 aromatic carbocycles. The fourth-order valence-corrected chi connectivity index (χ4v) is 2.84. The van der Waals surface area contributed by atoms with Crippen LogP contribution in [0.25, 0.3) is 10.2 Å². The molecule has 0 saturated carbocycles. The van der Waals surface area contributed by atoms with Gasteiger partial charge in [0.15, 0.2) is 0 Å². The monoisotopic (exact) mass is 263 g/mol. The summed E-state index contributed by atoms with van der Waals surface area (Å²) < 4.78 is 0. The van der Waals surface area contributed by atoms with Crippen LogP contribution in [0.5, 0.6) is 0 Å². The SMILES string of the molecule is CCNc1nc(C(C)CC)nc2sc(CC)cc12. The molecule has 0 aliphatic carbocycles. The molecule has 0 bridgehead atoms. The third-order valence-corrected chi connectivity index (χ3v) is 4.38. The number of hydrogen-bond acceptors (Lipinski definition) is 4. The van der Waals surface area contributed by atoms with E-state index in [1.165, 1.54) is 10.3 Å². The van der Waals surface area contributed by atoms with Crippen LogP contribution in [0.3, 0.4) is 0 Å². The molecule has 2 aromatic rings. The van der Waals surface area contributed by atoms with E-state index in [-0.39, 0.29) is 0 Å². The molecule has 0 fully saturated rings. The van der Waals surface area contributed by atoms with Crippen molar-refractivity contribution in [1.29, 1.82) is 0 Å². The Labute approximate surface area is 113 Å². The third kappa shape index (κ3) is 2.48. The van der Waals surface area contributed by atoms with Gasteiger partial charge in [-0.2, -0.15) is 0 Å². The smallest absolute Gasteiger partial charge is 0.138 e. The van der Waals surface area contributed by atoms with Gasteiger partial charge < -0.3 is 5.32 Å². The second-order valence-corrected chi connectivity index (χ2v) is 5.67. The van der Waals surface area contributed by atoms with Crippen LogP contribution in [-0.2, 0) is 6.42 Å². The molecular formula is C14H21N3S. The summed E-state index contributed by atoms with van der Waals surface area (Å²) in [5.74, 6) is 2.37. The Balaban J connectivity index is 2.56. The quantitative estimate of drug-likeness (QED) is 0.878. The number of fused-ring (bicyclic) bond motifs is 1. The molecule has 2 aromatic heterocycles. The van der Waals surface area contributed by atoms with Crippen LogP contribution in [0.1, 0.15) is 50.7 Å². The Bertz CT molecular complexity index is 533. The van der Waals surface area contributed by atoms with Crippen molar-refractivity contribution < 1.29 is 0 Å². The van der Waals surface area contributed by atoms with E-state index < -0.39 is 0 Å². The van der Waals surface area contributed by atoms with E-state index in [9.17, 15) is 0 Å². The number of nitrogens with zero attached hydrogens (tertiary/aromatic N) is 2. The largest absolute Gasteiger partial charge is 0.370 e. The summed E-state index contributed by atoms with van der Waals surface area (Å²) in [4.78, 5) is 11.9. The average Bonchev–Trinajstić information content (AvgIpc) is 2.81. The first kappa shape index (κ1) is 13.3. The van der Waals surface area contributed by atoms with E-state index in [1.54, 1.807) is 11.3 Å². The van der Waals surface area contributed by atoms with Gasteiger partial charge in [0.05, 0.1) is 5.39 Å². The predicted molar refractivity (Wildman–Crippen MR) is 79.7 cm³/mol. The molecule has 98 valence electrons. The number of hydrogen-bond donors (Lipinski definition) is 1. The van der Waals surface area contributed by atoms with Crippen molar-refractivity contribution in [3.05, 3.63) is 16.8 Å². The minimum Gasteiger partial charge on any atom is -0.370 e. The van der Waals surface area contributed by atoms with E-state index in [4.69, 9.17) is 9.97 Å². The number of rotatable bonds is 5. The molecule has 0 aliphatic rings. The zero-order chi connectivity index (χ0) is 13.1. The molecular weight excluding hydrogens is 242 g/mol. The molecule has 18 heavy (non-hydrogen) atoms. The Morgan fingerprint density at radius 2 is 2.06 bits per heavy atom. The van der Waals surface area contributed by atoms with Crippen LogP contribution in [0.15, 0.2) is 6.07 Å². The zero-order valence-electron chi connectivity index (χ0n) is 11.6. The Hall–Kier alpha value is -1.16. The van der Waals surface area contributed by atoms with Gasteiger partial charge in [0.2, 0.25) is 0 Å². The van der Waals surface area contributed by atoms with E-state index in [0.717, 1.165) is 35.9 Å². The second kappa shape index (κ2) is 5.65. The van der Waals surface area contributed by atoms with E-state index in [0.29, 0.717) is 5.92 Å². The van der Waals surface area contributed by atoms with Gasteiger partial charge in [-0.3, -0.25) is 0 Å². The van der Waals surface area contributed by atoms with E-state index in [2.05, 4.69) is 39.1 Å². The minimum absolute atomic E-state index is 0.416. The zero-order valence-corrected chi connectivity index (χ0v) is 12.4. The summed E-state index contributed by atoms with van der Waals surface area (Å²) in [7, 11) is 0. The van der Waals surface area contributed by atoms with Crippen molar-refractivity contribution in [2.75, 3.05) is 11.9 Å².